The van der Waals surface area contributed by atoms with Crippen molar-refractivity contribution in [1.82, 2.24) is 26.1 Å². The Bertz CT molecular complexity index is 760. The second-order valence-electron chi connectivity index (χ2n) is 7.45. The van der Waals surface area contributed by atoms with E-state index < -0.39 is 0 Å². The highest BCUT2D eigenvalue weighted by Crippen LogP contribution is 2.19. The molecule has 1 amide bonds. The Kier molecular flexibility index (Phi) is 5.77. The SMILES string of the molecule is O=C(NC1CCCN(Cc2ccccn2)C1)c1cccc(C2CNNC2)c1. The van der Waals surface area contributed by atoms with E-state index in [1.54, 1.807) is 0 Å². The molecule has 0 saturated carbocycles. The molecule has 0 radical (unpaired) electrons. The quantitative estimate of drug-likeness (QED) is 0.752. The smallest absolute Gasteiger partial charge is 0.251 e. The van der Waals surface area contributed by atoms with Crippen LogP contribution in [0.3, 0.4) is 0 Å². The first kappa shape index (κ1) is 18.1. The molecule has 1 atom stereocenters. The third-order valence-electron chi connectivity index (χ3n) is 5.39. The number of carbonyl (C=O) groups excluding carboxylic acids is 1. The Hall–Kier alpha value is -2.28. The highest BCUT2D eigenvalue weighted by atomic mass is 16.1. The predicted octanol–water partition coefficient (Wildman–Crippen LogP) is 1.67. The van der Waals surface area contributed by atoms with Crippen LogP contribution in [0, 0.1) is 0 Å². The van der Waals surface area contributed by atoms with E-state index in [9.17, 15) is 4.79 Å². The maximum Gasteiger partial charge on any atom is 0.251 e. The first-order chi connectivity index (χ1) is 13.3. The van der Waals surface area contributed by atoms with Gasteiger partial charge in [-0.3, -0.25) is 25.5 Å². The molecule has 142 valence electrons. The molecule has 2 fully saturated rings. The summed E-state index contributed by atoms with van der Waals surface area (Å²) in [7, 11) is 0. The van der Waals surface area contributed by atoms with Gasteiger partial charge in [0.15, 0.2) is 0 Å². The number of likely N-dealkylation sites (tertiary alicyclic amines) is 1. The third kappa shape index (κ3) is 4.71. The van der Waals surface area contributed by atoms with E-state index in [0.717, 1.165) is 56.8 Å². The number of rotatable bonds is 5. The van der Waals surface area contributed by atoms with Crippen LogP contribution in [-0.4, -0.2) is 48.0 Å². The van der Waals surface area contributed by atoms with Crippen molar-refractivity contribution in [1.29, 1.82) is 0 Å². The van der Waals surface area contributed by atoms with Crippen LogP contribution in [0.2, 0.25) is 0 Å². The summed E-state index contributed by atoms with van der Waals surface area (Å²) in [4.78, 5) is 19.6. The van der Waals surface area contributed by atoms with Crippen LogP contribution in [0.5, 0.6) is 0 Å². The zero-order valence-electron chi connectivity index (χ0n) is 15.5. The Morgan fingerprint density at radius 3 is 2.89 bits per heavy atom. The molecular formula is C21H27N5O. The Morgan fingerprint density at radius 1 is 1.19 bits per heavy atom. The van der Waals surface area contributed by atoms with Crippen LogP contribution >= 0.6 is 0 Å². The molecular weight excluding hydrogens is 338 g/mol. The molecule has 1 aromatic heterocycles. The van der Waals surface area contributed by atoms with Crippen molar-refractivity contribution < 1.29 is 4.79 Å². The third-order valence-corrected chi connectivity index (χ3v) is 5.39. The van der Waals surface area contributed by atoms with Gasteiger partial charge in [0.25, 0.3) is 5.91 Å². The number of aromatic nitrogens is 1. The number of carbonyl (C=O) groups is 1. The standard InChI is InChI=1S/C21H27N5O/c27-21(17-6-3-5-16(11-17)18-12-23-24-13-18)25-20-8-4-10-26(15-20)14-19-7-1-2-9-22-19/h1-3,5-7,9,11,18,20,23-24H,4,8,10,12-15H2,(H,25,27). The minimum atomic E-state index is 0.0282. The molecule has 2 aromatic rings. The van der Waals surface area contributed by atoms with Crippen molar-refractivity contribution in [3.05, 3.63) is 65.5 Å². The summed E-state index contributed by atoms with van der Waals surface area (Å²) in [6.45, 7) is 4.56. The zero-order valence-corrected chi connectivity index (χ0v) is 15.5. The normalized spacial score (nSPS) is 21.3. The lowest BCUT2D eigenvalue weighted by molar-refractivity contribution is 0.0900. The van der Waals surface area contributed by atoms with Gasteiger partial charge in [-0.15, -0.1) is 0 Å². The van der Waals surface area contributed by atoms with Crippen molar-refractivity contribution >= 4 is 5.91 Å². The second kappa shape index (κ2) is 8.61. The van der Waals surface area contributed by atoms with E-state index >= 15 is 0 Å². The van der Waals surface area contributed by atoms with E-state index in [2.05, 4.69) is 38.2 Å². The number of nitrogens with zero attached hydrogens (tertiary/aromatic N) is 2. The molecule has 6 heteroatoms. The van der Waals surface area contributed by atoms with Gasteiger partial charge in [0.1, 0.15) is 0 Å². The van der Waals surface area contributed by atoms with Gasteiger partial charge >= 0.3 is 0 Å². The van der Waals surface area contributed by atoms with Crippen LogP contribution in [0.4, 0.5) is 0 Å². The van der Waals surface area contributed by atoms with Gasteiger partial charge in [-0.25, -0.2) is 0 Å². The summed E-state index contributed by atoms with van der Waals surface area (Å²) < 4.78 is 0. The van der Waals surface area contributed by atoms with Crippen LogP contribution in [0.15, 0.2) is 48.7 Å². The molecule has 0 aliphatic carbocycles. The summed E-state index contributed by atoms with van der Waals surface area (Å²) in [5, 5.41) is 3.24. The van der Waals surface area contributed by atoms with Crippen LogP contribution in [0.25, 0.3) is 0 Å². The molecule has 6 nitrogen and oxygen atoms in total. The molecule has 2 aliphatic heterocycles. The largest absolute Gasteiger partial charge is 0.348 e. The number of pyridine rings is 1. The van der Waals surface area contributed by atoms with Gasteiger partial charge in [-0.05, 0) is 49.2 Å². The number of hydrogen-bond acceptors (Lipinski definition) is 5. The molecule has 2 saturated heterocycles. The van der Waals surface area contributed by atoms with Gasteiger partial charge in [-0.2, -0.15) is 0 Å². The Morgan fingerprint density at radius 2 is 2.07 bits per heavy atom. The summed E-state index contributed by atoms with van der Waals surface area (Å²) in [5.41, 5.74) is 9.34. The fourth-order valence-corrected chi connectivity index (χ4v) is 3.94. The van der Waals surface area contributed by atoms with Crippen molar-refractivity contribution in [3.8, 4) is 0 Å². The zero-order chi connectivity index (χ0) is 18.5. The first-order valence-electron chi connectivity index (χ1n) is 9.77. The molecule has 2 aliphatic rings. The topological polar surface area (TPSA) is 69.3 Å². The van der Waals surface area contributed by atoms with Crippen molar-refractivity contribution in [2.45, 2.75) is 31.3 Å². The average molecular weight is 365 g/mol. The van der Waals surface area contributed by atoms with Crippen molar-refractivity contribution in [2.24, 2.45) is 0 Å². The number of hydrazine groups is 1. The van der Waals surface area contributed by atoms with Crippen molar-refractivity contribution in [3.63, 3.8) is 0 Å². The van der Waals surface area contributed by atoms with Crippen LogP contribution in [0.1, 0.15) is 40.4 Å². The number of piperidine rings is 1. The highest BCUT2D eigenvalue weighted by Gasteiger charge is 2.23. The fourth-order valence-electron chi connectivity index (χ4n) is 3.94. The lowest BCUT2D eigenvalue weighted by Gasteiger charge is -2.33. The van der Waals surface area contributed by atoms with Crippen molar-refractivity contribution in [2.75, 3.05) is 26.2 Å². The first-order valence-corrected chi connectivity index (χ1v) is 9.77. The Balaban J connectivity index is 1.35. The molecule has 4 rings (SSSR count). The summed E-state index contributed by atoms with van der Waals surface area (Å²) in [6.07, 6.45) is 3.96. The van der Waals surface area contributed by atoms with E-state index in [-0.39, 0.29) is 11.9 Å². The minimum absolute atomic E-state index is 0.0282. The van der Waals surface area contributed by atoms with E-state index in [4.69, 9.17) is 0 Å². The average Bonchev–Trinajstić information content (AvgIpc) is 3.24. The van der Waals surface area contributed by atoms with E-state index in [1.165, 1.54) is 5.56 Å². The summed E-state index contributed by atoms with van der Waals surface area (Å²) >= 11 is 0. The number of amides is 1. The van der Waals surface area contributed by atoms with Gasteiger partial charge in [0.05, 0.1) is 5.69 Å². The molecule has 1 unspecified atom stereocenters. The second-order valence-corrected chi connectivity index (χ2v) is 7.45. The van der Waals surface area contributed by atoms with E-state index in [0.29, 0.717) is 5.92 Å². The van der Waals surface area contributed by atoms with E-state index in [1.807, 2.05) is 36.5 Å². The van der Waals surface area contributed by atoms with Gasteiger partial charge in [0, 0.05) is 49.9 Å². The summed E-state index contributed by atoms with van der Waals surface area (Å²) in [5.74, 6) is 0.446. The number of benzene rings is 1. The number of hydrogen-bond donors (Lipinski definition) is 3. The molecule has 0 spiro atoms. The maximum atomic E-state index is 12.8. The lowest BCUT2D eigenvalue weighted by Crippen LogP contribution is -2.47. The number of nitrogens with one attached hydrogen (secondary N) is 3. The van der Waals surface area contributed by atoms with Gasteiger partial charge < -0.3 is 5.32 Å². The van der Waals surface area contributed by atoms with Gasteiger partial charge in [0.2, 0.25) is 0 Å². The molecule has 1 aromatic carbocycles. The molecule has 3 N–H and O–H groups in total. The lowest BCUT2D eigenvalue weighted by atomic mass is 9.97. The molecule has 3 heterocycles. The maximum absolute atomic E-state index is 12.8. The van der Waals surface area contributed by atoms with Gasteiger partial charge in [-0.1, -0.05) is 18.2 Å². The predicted molar refractivity (Wildman–Crippen MR) is 105 cm³/mol. The Labute approximate surface area is 160 Å². The van der Waals surface area contributed by atoms with Crippen LogP contribution < -0.4 is 16.2 Å². The monoisotopic (exact) mass is 365 g/mol. The molecule has 0 bridgehead atoms. The highest BCUT2D eigenvalue weighted by molar-refractivity contribution is 5.94. The fraction of sp³-hybridized carbons (Fsp3) is 0.429. The minimum Gasteiger partial charge on any atom is -0.348 e. The molecule has 27 heavy (non-hydrogen) atoms. The van der Waals surface area contributed by atoms with Crippen LogP contribution in [-0.2, 0) is 6.54 Å². The summed E-state index contributed by atoms with van der Waals surface area (Å²) in [6, 6.07) is 14.2.